The first-order chi connectivity index (χ1) is 7.42. The van der Waals surface area contributed by atoms with Crippen molar-refractivity contribution in [1.82, 2.24) is 0 Å². The molecule has 1 N–H and O–H groups in total. The fraction of sp³-hybridized carbons (Fsp3) is 0.538. The second kappa shape index (κ2) is 5.32. The SMILES string of the molecule is COc1cccc(C(O)COC(C)(C)C)c1. The lowest BCUT2D eigenvalue weighted by Crippen LogP contribution is -2.22. The highest BCUT2D eigenvalue weighted by Crippen LogP contribution is 2.20. The van der Waals surface area contributed by atoms with Crippen LogP contribution in [0.15, 0.2) is 24.3 Å². The van der Waals surface area contributed by atoms with E-state index in [9.17, 15) is 5.11 Å². The Morgan fingerprint density at radius 1 is 1.31 bits per heavy atom. The van der Waals surface area contributed by atoms with E-state index in [0.29, 0.717) is 0 Å². The molecule has 0 fully saturated rings. The van der Waals surface area contributed by atoms with Gasteiger partial charge in [0.1, 0.15) is 11.9 Å². The van der Waals surface area contributed by atoms with Gasteiger partial charge in [-0.2, -0.15) is 0 Å². The van der Waals surface area contributed by atoms with Gasteiger partial charge in [0.2, 0.25) is 0 Å². The lowest BCUT2D eigenvalue weighted by Gasteiger charge is -2.22. The van der Waals surface area contributed by atoms with Crippen LogP contribution in [-0.2, 0) is 4.74 Å². The number of benzene rings is 1. The summed E-state index contributed by atoms with van der Waals surface area (Å²) in [5.74, 6) is 0.743. The highest BCUT2D eigenvalue weighted by atomic mass is 16.5. The second-order valence-electron chi connectivity index (χ2n) is 4.72. The number of methoxy groups -OCH3 is 1. The van der Waals surface area contributed by atoms with Crippen molar-refractivity contribution in [2.75, 3.05) is 13.7 Å². The minimum Gasteiger partial charge on any atom is -0.497 e. The molecule has 0 aliphatic rings. The smallest absolute Gasteiger partial charge is 0.119 e. The summed E-state index contributed by atoms with van der Waals surface area (Å²) in [6.45, 7) is 6.18. The van der Waals surface area contributed by atoms with Gasteiger partial charge in [-0.3, -0.25) is 0 Å². The molecule has 1 rings (SSSR count). The van der Waals surface area contributed by atoms with Gasteiger partial charge in [-0.15, -0.1) is 0 Å². The van der Waals surface area contributed by atoms with E-state index < -0.39 is 6.10 Å². The van der Waals surface area contributed by atoms with Gasteiger partial charge in [-0.05, 0) is 38.5 Å². The van der Waals surface area contributed by atoms with Gasteiger partial charge >= 0.3 is 0 Å². The average molecular weight is 224 g/mol. The molecule has 1 atom stereocenters. The Balaban J connectivity index is 2.62. The first-order valence-corrected chi connectivity index (χ1v) is 5.38. The lowest BCUT2D eigenvalue weighted by molar-refractivity contribution is -0.0496. The number of hydrogen-bond acceptors (Lipinski definition) is 3. The summed E-state index contributed by atoms with van der Waals surface area (Å²) >= 11 is 0. The van der Waals surface area contributed by atoms with Crippen LogP contribution in [0.3, 0.4) is 0 Å². The van der Waals surface area contributed by atoms with E-state index in [1.54, 1.807) is 7.11 Å². The van der Waals surface area contributed by atoms with Crippen LogP contribution in [0.5, 0.6) is 5.75 Å². The Morgan fingerprint density at radius 2 is 2.00 bits per heavy atom. The molecule has 0 aliphatic heterocycles. The standard InChI is InChI=1S/C13H20O3/c1-13(2,3)16-9-12(14)10-6-5-7-11(8-10)15-4/h5-8,12,14H,9H2,1-4H3. The second-order valence-corrected chi connectivity index (χ2v) is 4.72. The van der Waals surface area contributed by atoms with Crippen LogP contribution in [0.2, 0.25) is 0 Å². The molecule has 0 amide bonds. The van der Waals surface area contributed by atoms with Crippen molar-refractivity contribution >= 4 is 0 Å². The maximum absolute atomic E-state index is 9.92. The fourth-order valence-corrected chi connectivity index (χ4v) is 1.27. The monoisotopic (exact) mass is 224 g/mol. The Morgan fingerprint density at radius 3 is 2.56 bits per heavy atom. The van der Waals surface area contributed by atoms with Crippen molar-refractivity contribution < 1.29 is 14.6 Å². The van der Waals surface area contributed by atoms with Crippen LogP contribution < -0.4 is 4.74 Å². The zero-order valence-electron chi connectivity index (χ0n) is 10.4. The minimum atomic E-state index is -0.616. The van der Waals surface area contributed by atoms with Crippen LogP contribution in [0, 0.1) is 0 Å². The summed E-state index contributed by atoms with van der Waals surface area (Å²) in [7, 11) is 1.61. The van der Waals surface area contributed by atoms with Crippen molar-refractivity contribution in [3.05, 3.63) is 29.8 Å². The largest absolute Gasteiger partial charge is 0.497 e. The molecule has 1 unspecified atom stereocenters. The topological polar surface area (TPSA) is 38.7 Å². The van der Waals surface area contributed by atoms with E-state index in [1.807, 2.05) is 45.0 Å². The molecule has 0 bridgehead atoms. The third kappa shape index (κ3) is 4.21. The Labute approximate surface area is 97.0 Å². The van der Waals surface area contributed by atoms with Crippen molar-refractivity contribution in [3.8, 4) is 5.75 Å². The molecule has 0 saturated heterocycles. The highest BCUT2D eigenvalue weighted by molar-refractivity contribution is 5.29. The third-order valence-corrected chi connectivity index (χ3v) is 2.15. The molecule has 0 saturated carbocycles. The third-order valence-electron chi connectivity index (χ3n) is 2.15. The number of ether oxygens (including phenoxy) is 2. The van der Waals surface area contributed by atoms with Gasteiger partial charge < -0.3 is 14.6 Å². The molecule has 90 valence electrons. The molecule has 1 aromatic rings. The molecule has 0 heterocycles. The van der Waals surface area contributed by atoms with Crippen molar-refractivity contribution in [3.63, 3.8) is 0 Å². The van der Waals surface area contributed by atoms with Gasteiger partial charge in [0, 0.05) is 0 Å². The highest BCUT2D eigenvalue weighted by Gasteiger charge is 2.15. The molecule has 0 spiro atoms. The summed E-state index contributed by atoms with van der Waals surface area (Å²) in [6, 6.07) is 7.38. The Kier molecular flexibility index (Phi) is 4.33. The van der Waals surface area contributed by atoms with Gasteiger partial charge in [-0.25, -0.2) is 0 Å². The number of rotatable bonds is 4. The maximum atomic E-state index is 9.92. The summed E-state index contributed by atoms with van der Waals surface area (Å²) in [4.78, 5) is 0. The van der Waals surface area contributed by atoms with E-state index in [-0.39, 0.29) is 12.2 Å². The van der Waals surface area contributed by atoms with Crippen molar-refractivity contribution in [2.45, 2.75) is 32.5 Å². The van der Waals surface area contributed by atoms with Gasteiger partial charge in [0.05, 0.1) is 19.3 Å². The van der Waals surface area contributed by atoms with Crippen molar-refractivity contribution in [1.29, 1.82) is 0 Å². The zero-order chi connectivity index (χ0) is 12.2. The molecular weight excluding hydrogens is 204 g/mol. The predicted octanol–water partition coefficient (Wildman–Crippen LogP) is 2.54. The first kappa shape index (κ1) is 13.0. The molecule has 0 aliphatic carbocycles. The van der Waals surface area contributed by atoms with Gasteiger partial charge in [0.25, 0.3) is 0 Å². The van der Waals surface area contributed by atoms with Gasteiger partial charge in [0.15, 0.2) is 0 Å². The molecular formula is C13H20O3. The minimum absolute atomic E-state index is 0.236. The van der Waals surface area contributed by atoms with E-state index in [1.165, 1.54) is 0 Å². The number of hydrogen-bond donors (Lipinski definition) is 1. The summed E-state index contributed by atoms with van der Waals surface area (Å²) < 4.78 is 10.6. The average Bonchev–Trinajstić information content (AvgIpc) is 2.25. The summed E-state index contributed by atoms with van der Waals surface area (Å²) in [6.07, 6.45) is -0.616. The summed E-state index contributed by atoms with van der Waals surface area (Å²) in [5.41, 5.74) is 0.573. The number of aliphatic hydroxyl groups excluding tert-OH is 1. The van der Waals surface area contributed by atoms with Crippen molar-refractivity contribution in [2.24, 2.45) is 0 Å². The Hall–Kier alpha value is -1.06. The fourth-order valence-electron chi connectivity index (χ4n) is 1.27. The number of aliphatic hydroxyl groups is 1. The van der Waals surface area contributed by atoms with Crippen LogP contribution in [-0.4, -0.2) is 24.4 Å². The molecule has 0 radical (unpaired) electrons. The van der Waals surface area contributed by atoms with E-state index in [2.05, 4.69) is 0 Å². The van der Waals surface area contributed by atoms with Gasteiger partial charge in [-0.1, -0.05) is 12.1 Å². The van der Waals surface area contributed by atoms with E-state index in [4.69, 9.17) is 9.47 Å². The molecule has 16 heavy (non-hydrogen) atoms. The van der Waals surface area contributed by atoms with Crippen LogP contribution in [0.25, 0.3) is 0 Å². The van der Waals surface area contributed by atoms with Crippen LogP contribution >= 0.6 is 0 Å². The lowest BCUT2D eigenvalue weighted by atomic mass is 10.1. The first-order valence-electron chi connectivity index (χ1n) is 5.38. The maximum Gasteiger partial charge on any atom is 0.119 e. The zero-order valence-corrected chi connectivity index (χ0v) is 10.4. The molecule has 3 heteroatoms. The van der Waals surface area contributed by atoms with Crippen LogP contribution in [0.4, 0.5) is 0 Å². The predicted molar refractivity (Wildman–Crippen MR) is 63.7 cm³/mol. The molecule has 0 aromatic heterocycles. The summed E-state index contributed by atoms with van der Waals surface area (Å²) in [5, 5.41) is 9.92. The quantitative estimate of drug-likeness (QED) is 0.854. The van der Waals surface area contributed by atoms with E-state index >= 15 is 0 Å². The molecule has 1 aromatic carbocycles. The van der Waals surface area contributed by atoms with Crippen LogP contribution in [0.1, 0.15) is 32.4 Å². The van der Waals surface area contributed by atoms with E-state index in [0.717, 1.165) is 11.3 Å². The Bertz CT molecular complexity index is 328. The normalized spacial score (nSPS) is 13.6. The molecule has 3 nitrogen and oxygen atoms in total.